The summed E-state index contributed by atoms with van der Waals surface area (Å²) in [5.74, 6) is -4.96. The highest BCUT2D eigenvalue weighted by molar-refractivity contribution is 8.17. The molecule has 176 valence electrons. The summed E-state index contributed by atoms with van der Waals surface area (Å²) in [6, 6.07) is 3.23. The first kappa shape index (κ1) is 25.8. The molecule has 0 unspecified atom stereocenters. The summed E-state index contributed by atoms with van der Waals surface area (Å²) < 4.78 is 131. The number of thioether (sulfide) groups is 1. The number of hydrogen-bond donors (Lipinski definition) is 2. The highest BCUT2D eigenvalue weighted by atomic mass is 35.5. The molecule has 3 amide bonds. The molecule has 0 aromatic heterocycles. The zero-order chi connectivity index (χ0) is 24.7. The van der Waals surface area contributed by atoms with E-state index in [0.29, 0.717) is 0 Å². The lowest BCUT2D eigenvalue weighted by atomic mass is 9.97. The van der Waals surface area contributed by atoms with E-state index in [0.717, 1.165) is 6.07 Å². The number of nitrogens with one attached hydrogen (secondary N) is 2. The van der Waals surface area contributed by atoms with Crippen LogP contribution in [0, 0.1) is 0 Å². The maximum absolute atomic E-state index is 13.6. The molecule has 1 heterocycles. The minimum atomic E-state index is -6.58. The van der Waals surface area contributed by atoms with Gasteiger partial charge in [-0.05, 0) is 12.1 Å². The molecule has 32 heavy (non-hydrogen) atoms. The monoisotopic (exact) mass is 517 g/mol. The Bertz CT molecular complexity index is 986. The van der Waals surface area contributed by atoms with E-state index in [-0.39, 0.29) is 10.6 Å². The van der Waals surface area contributed by atoms with Crippen molar-refractivity contribution in [1.82, 2.24) is 10.6 Å². The van der Waals surface area contributed by atoms with Gasteiger partial charge in [-0.1, -0.05) is 35.5 Å². The van der Waals surface area contributed by atoms with Crippen LogP contribution in [-0.4, -0.2) is 41.2 Å². The van der Waals surface area contributed by atoms with Crippen molar-refractivity contribution in [1.29, 1.82) is 0 Å². The summed E-state index contributed by atoms with van der Waals surface area (Å²) in [6.45, 7) is 0. The second kappa shape index (κ2) is 8.46. The molecule has 0 fully saturated rings. The molecule has 0 radical (unpaired) electrons. The lowest BCUT2D eigenvalue weighted by molar-refractivity contribution is -0.280. The van der Waals surface area contributed by atoms with Crippen LogP contribution < -0.4 is 10.6 Å². The molecule has 1 aromatic rings. The Morgan fingerprint density at radius 2 is 1.50 bits per heavy atom. The van der Waals surface area contributed by atoms with Crippen LogP contribution >= 0.6 is 23.4 Å². The molecule has 0 bridgehead atoms. The Kier molecular flexibility index (Phi) is 6.81. The molecule has 1 aliphatic heterocycles. The van der Waals surface area contributed by atoms with E-state index in [9.17, 15) is 53.5 Å². The SMILES string of the molecule is O=C(NC(=O)c1ccccc1Cl)NC1=NC(C(F)(F)F)(C(F)(F)F)/C(=C(\F)C(F)(F)F)S1. The number of nitrogens with zero attached hydrogens (tertiary/aromatic N) is 1. The van der Waals surface area contributed by atoms with Crippen molar-refractivity contribution < 1.29 is 53.5 Å². The van der Waals surface area contributed by atoms with Crippen LogP contribution in [0.2, 0.25) is 5.02 Å². The van der Waals surface area contributed by atoms with Gasteiger partial charge in [0, 0.05) is 0 Å². The van der Waals surface area contributed by atoms with Gasteiger partial charge in [-0.3, -0.25) is 15.4 Å². The number of carbonyl (C=O) groups is 2. The Morgan fingerprint density at radius 1 is 0.969 bits per heavy atom. The predicted molar refractivity (Wildman–Crippen MR) is 91.5 cm³/mol. The number of aliphatic imine (C=N–C) groups is 1. The average molecular weight is 518 g/mol. The molecule has 0 saturated carbocycles. The number of halogens is 11. The predicted octanol–water partition coefficient (Wildman–Crippen LogP) is 5.49. The van der Waals surface area contributed by atoms with Crippen molar-refractivity contribution in [2.24, 2.45) is 4.99 Å². The highest BCUT2D eigenvalue weighted by Gasteiger charge is 2.77. The molecule has 0 saturated heterocycles. The van der Waals surface area contributed by atoms with Gasteiger partial charge in [0.15, 0.2) is 5.17 Å². The van der Waals surface area contributed by atoms with Gasteiger partial charge < -0.3 is 0 Å². The van der Waals surface area contributed by atoms with E-state index in [1.165, 1.54) is 28.8 Å². The van der Waals surface area contributed by atoms with Crippen LogP contribution in [0.4, 0.5) is 48.7 Å². The molecule has 0 spiro atoms. The first-order valence-corrected chi connectivity index (χ1v) is 8.86. The van der Waals surface area contributed by atoms with Gasteiger partial charge in [0.25, 0.3) is 11.4 Å². The number of allylic oxidation sites excluding steroid dienone is 1. The summed E-state index contributed by atoms with van der Waals surface area (Å²) >= 11 is 4.63. The van der Waals surface area contributed by atoms with Gasteiger partial charge in [-0.2, -0.15) is 39.5 Å². The summed E-state index contributed by atoms with van der Waals surface area (Å²) in [4.78, 5) is 23.0. The normalized spacial score (nSPS) is 18.2. The number of amides is 3. The molecule has 0 atom stereocenters. The molecular weight excluding hydrogens is 512 g/mol. The first-order valence-electron chi connectivity index (χ1n) is 7.67. The van der Waals surface area contributed by atoms with E-state index in [2.05, 4.69) is 4.99 Å². The number of alkyl halides is 9. The van der Waals surface area contributed by atoms with Gasteiger partial charge in [-0.15, -0.1) is 0 Å². The van der Waals surface area contributed by atoms with Crippen LogP contribution in [0.5, 0.6) is 0 Å². The second-order valence-corrected chi connectivity index (χ2v) is 7.16. The van der Waals surface area contributed by atoms with Crippen molar-refractivity contribution in [3.63, 3.8) is 0 Å². The summed E-state index contributed by atoms with van der Waals surface area (Å²) in [6.07, 6.45) is -19.4. The fraction of sp³-hybridized carbons (Fsp3) is 0.267. The van der Waals surface area contributed by atoms with Crippen molar-refractivity contribution in [3.8, 4) is 0 Å². The number of urea groups is 1. The number of benzene rings is 1. The molecule has 5 nitrogen and oxygen atoms in total. The Balaban J connectivity index is 2.44. The fourth-order valence-corrected chi connectivity index (χ4v) is 3.64. The van der Waals surface area contributed by atoms with Gasteiger partial charge in [-0.25, -0.2) is 14.2 Å². The second-order valence-electron chi connectivity index (χ2n) is 5.75. The highest BCUT2D eigenvalue weighted by Crippen LogP contribution is 2.59. The standard InChI is InChI=1S/C15H6ClF10N3O2S/c16-6-4-2-1-3-5(6)9(30)27-10(31)28-11-29-12(14(21,22)23,15(24,25)26)8(32-11)7(17)13(18,19)20/h1-4H,(H2,27,28,29,30,31)/b8-7+. The number of carbonyl (C=O) groups excluding carboxylic acids is 2. The average Bonchev–Trinajstić information content (AvgIpc) is 3.00. The fourth-order valence-electron chi connectivity index (χ4n) is 2.27. The summed E-state index contributed by atoms with van der Waals surface area (Å²) in [7, 11) is 0. The quantitative estimate of drug-likeness (QED) is 0.484. The van der Waals surface area contributed by atoms with Crippen molar-refractivity contribution in [2.75, 3.05) is 0 Å². The number of amidine groups is 1. The Labute approximate surface area is 179 Å². The van der Waals surface area contributed by atoms with Crippen molar-refractivity contribution >= 4 is 40.5 Å². The minimum Gasteiger partial charge on any atom is -0.286 e. The maximum atomic E-state index is 13.6. The number of hydrogen-bond acceptors (Lipinski definition) is 4. The number of imide groups is 1. The topological polar surface area (TPSA) is 70.6 Å². The van der Waals surface area contributed by atoms with E-state index in [1.54, 1.807) is 0 Å². The van der Waals surface area contributed by atoms with Crippen LogP contribution in [0.25, 0.3) is 0 Å². The van der Waals surface area contributed by atoms with Crippen molar-refractivity contribution in [2.45, 2.75) is 24.1 Å². The van der Waals surface area contributed by atoms with E-state index in [4.69, 9.17) is 11.6 Å². The molecule has 1 aromatic carbocycles. The largest absolute Gasteiger partial charge is 0.443 e. The van der Waals surface area contributed by atoms with Gasteiger partial charge in [0.1, 0.15) is 0 Å². The lowest BCUT2D eigenvalue weighted by Crippen LogP contribution is -2.55. The van der Waals surface area contributed by atoms with E-state index < -0.39 is 63.7 Å². The minimum absolute atomic E-state index is 0.184. The summed E-state index contributed by atoms with van der Waals surface area (Å²) in [5, 5.41) is 0.866. The maximum Gasteiger partial charge on any atom is 0.443 e. The third kappa shape index (κ3) is 4.79. The molecule has 0 aliphatic carbocycles. The first-order chi connectivity index (χ1) is 14.4. The van der Waals surface area contributed by atoms with E-state index >= 15 is 0 Å². The number of rotatable bonds is 1. The van der Waals surface area contributed by atoms with Crippen LogP contribution in [0.1, 0.15) is 10.4 Å². The lowest BCUT2D eigenvalue weighted by Gasteiger charge is -2.31. The smallest absolute Gasteiger partial charge is 0.286 e. The zero-order valence-electron chi connectivity index (χ0n) is 14.6. The molecule has 1 aliphatic rings. The Morgan fingerprint density at radius 3 is 1.97 bits per heavy atom. The van der Waals surface area contributed by atoms with Crippen LogP contribution in [0.3, 0.4) is 0 Å². The molecule has 17 heteroatoms. The molecule has 2 N–H and O–H groups in total. The third-order valence-corrected chi connectivity index (χ3v) is 5.03. The summed E-state index contributed by atoms with van der Waals surface area (Å²) in [5.41, 5.74) is -5.96. The molecular formula is C15H6ClF10N3O2S. The van der Waals surface area contributed by atoms with Gasteiger partial charge in [0.05, 0.1) is 15.5 Å². The third-order valence-electron chi connectivity index (χ3n) is 3.63. The van der Waals surface area contributed by atoms with Gasteiger partial charge >= 0.3 is 24.6 Å². The van der Waals surface area contributed by atoms with Crippen LogP contribution in [-0.2, 0) is 0 Å². The van der Waals surface area contributed by atoms with Crippen LogP contribution in [0.15, 0.2) is 40.0 Å². The van der Waals surface area contributed by atoms with Gasteiger partial charge in [0.2, 0.25) is 5.83 Å². The van der Waals surface area contributed by atoms with Crippen molar-refractivity contribution in [3.05, 3.63) is 45.6 Å². The molecule has 2 rings (SSSR count). The zero-order valence-corrected chi connectivity index (χ0v) is 16.2. The Hall–Kier alpha value is -2.49. The van der Waals surface area contributed by atoms with E-state index in [1.807, 2.05) is 0 Å².